The first kappa shape index (κ1) is 27.8. The van der Waals surface area contributed by atoms with Crippen LogP contribution >= 0.6 is 0 Å². The molecule has 1 aliphatic rings. The fourth-order valence-corrected chi connectivity index (χ4v) is 4.86. The summed E-state index contributed by atoms with van der Waals surface area (Å²) in [5.41, 5.74) is 4.39. The van der Waals surface area contributed by atoms with E-state index in [0.717, 1.165) is 44.6 Å². The molecule has 7 heteroatoms. The zero-order chi connectivity index (χ0) is 26.2. The Kier molecular flexibility index (Phi) is 10.0. The van der Waals surface area contributed by atoms with Crippen molar-refractivity contribution in [3.05, 3.63) is 52.6 Å². The van der Waals surface area contributed by atoms with E-state index in [1.165, 1.54) is 16.7 Å². The molecule has 1 unspecified atom stereocenters. The summed E-state index contributed by atoms with van der Waals surface area (Å²) in [5.74, 6) is 2.14. The van der Waals surface area contributed by atoms with E-state index in [1.807, 2.05) is 20.2 Å². The van der Waals surface area contributed by atoms with E-state index in [2.05, 4.69) is 48.0 Å². The Hall–Kier alpha value is -2.77. The number of carbonyl (C=O) groups is 1. The number of carbonyl (C=O) groups excluding carboxylic acids is 1. The summed E-state index contributed by atoms with van der Waals surface area (Å²) in [6.07, 6.45) is 2.75. The van der Waals surface area contributed by atoms with E-state index >= 15 is 0 Å². The molecule has 3 rings (SSSR count). The van der Waals surface area contributed by atoms with Crippen LogP contribution in [-0.2, 0) is 0 Å². The molecule has 2 aromatic carbocycles. The molecule has 0 saturated carbocycles. The number of rotatable bonds is 11. The van der Waals surface area contributed by atoms with Crippen LogP contribution < -0.4 is 19.5 Å². The van der Waals surface area contributed by atoms with Gasteiger partial charge in [-0.2, -0.15) is 0 Å². The molecule has 0 bridgehead atoms. The minimum Gasteiger partial charge on any atom is -0.497 e. The van der Waals surface area contributed by atoms with Crippen molar-refractivity contribution < 1.29 is 19.0 Å². The third-order valence-corrected chi connectivity index (χ3v) is 7.26. The maximum atomic E-state index is 13.1. The quantitative estimate of drug-likeness (QED) is 0.458. The number of nitrogens with zero attached hydrogens (tertiary/aromatic N) is 2. The zero-order valence-corrected chi connectivity index (χ0v) is 23.0. The maximum absolute atomic E-state index is 13.1. The van der Waals surface area contributed by atoms with Crippen molar-refractivity contribution in [2.45, 2.75) is 52.1 Å². The minimum absolute atomic E-state index is 0.0832. The van der Waals surface area contributed by atoms with Gasteiger partial charge in [-0.05, 0) is 89.0 Å². The number of hydrogen-bond donors (Lipinski definition) is 1. The lowest BCUT2D eigenvalue weighted by molar-refractivity contribution is 0.0895. The van der Waals surface area contributed by atoms with E-state index < -0.39 is 0 Å². The van der Waals surface area contributed by atoms with Crippen molar-refractivity contribution in [1.82, 2.24) is 15.1 Å². The summed E-state index contributed by atoms with van der Waals surface area (Å²) in [5, 5.41) is 3.23. The summed E-state index contributed by atoms with van der Waals surface area (Å²) in [7, 11) is 7.41. The van der Waals surface area contributed by atoms with Gasteiger partial charge in [-0.1, -0.05) is 6.07 Å². The Balaban J connectivity index is 1.57. The predicted octanol–water partition coefficient (Wildman–Crippen LogP) is 4.61. The SMILES string of the molecule is COc1cc(OCCCN(C)C)cc(C(=O)NC2CCN(C(C)c3ccc(OC)c(C)c3C)CC2)c1. The van der Waals surface area contributed by atoms with Crippen molar-refractivity contribution in [2.75, 3.05) is 54.6 Å². The molecule has 1 saturated heterocycles. The summed E-state index contributed by atoms with van der Waals surface area (Å²) in [4.78, 5) is 17.7. The molecule has 1 heterocycles. The van der Waals surface area contributed by atoms with Crippen molar-refractivity contribution >= 4 is 5.91 Å². The van der Waals surface area contributed by atoms with Crippen LogP contribution in [0.15, 0.2) is 30.3 Å². The summed E-state index contributed by atoms with van der Waals surface area (Å²) in [6.45, 7) is 9.98. The number of nitrogens with one attached hydrogen (secondary N) is 1. The second kappa shape index (κ2) is 13.0. The highest BCUT2D eigenvalue weighted by Crippen LogP contribution is 2.32. The lowest BCUT2D eigenvalue weighted by Gasteiger charge is -2.37. The molecule has 36 heavy (non-hydrogen) atoms. The van der Waals surface area contributed by atoms with Crippen molar-refractivity contribution in [3.8, 4) is 17.2 Å². The third-order valence-electron chi connectivity index (χ3n) is 7.26. The highest BCUT2D eigenvalue weighted by Gasteiger charge is 2.26. The molecule has 2 aromatic rings. The standard InChI is InChI=1S/C29H43N3O4/c1-20-21(2)28(35-7)10-9-27(20)22(3)32-14-11-24(12-15-32)30-29(33)23-17-25(34-6)19-26(18-23)36-16-8-13-31(4)5/h9-10,17-19,22,24H,8,11-16H2,1-7H3,(H,30,33). The van der Waals surface area contributed by atoms with Gasteiger partial charge in [-0.25, -0.2) is 0 Å². The van der Waals surface area contributed by atoms with E-state index in [-0.39, 0.29) is 11.9 Å². The number of amides is 1. The van der Waals surface area contributed by atoms with E-state index in [4.69, 9.17) is 14.2 Å². The monoisotopic (exact) mass is 497 g/mol. The Labute approximate surface area is 216 Å². The van der Waals surface area contributed by atoms with Crippen molar-refractivity contribution in [2.24, 2.45) is 0 Å². The average molecular weight is 498 g/mol. The molecular formula is C29H43N3O4. The normalized spacial score (nSPS) is 15.6. The van der Waals surface area contributed by atoms with Gasteiger partial charge in [0.15, 0.2) is 0 Å². The smallest absolute Gasteiger partial charge is 0.251 e. The van der Waals surface area contributed by atoms with E-state index in [9.17, 15) is 4.79 Å². The van der Waals surface area contributed by atoms with Crippen molar-refractivity contribution in [3.63, 3.8) is 0 Å². The third kappa shape index (κ3) is 7.14. The van der Waals surface area contributed by atoms with Crippen LogP contribution in [0.1, 0.15) is 59.3 Å². The maximum Gasteiger partial charge on any atom is 0.251 e. The van der Waals surface area contributed by atoms with Gasteiger partial charge in [0.05, 0.1) is 20.8 Å². The molecule has 1 N–H and O–H groups in total. The summed E-state index contributed by atoms with van der Waals surface area (Å²) in [6, 6.07) is 10.1. The molecular weight excluding hydrogens is 454 g/mol. The lowest BCUT2D eigenvalue weighted by atomic mass is 9.94. The second-order valence-corrected chi connectivity index (χ2v) is 9.97. The highest BCUT2D eigenvalue weighted by molar-refractivity contribution is 5.95. The Morgan fingerprint density at radius 2 is 1.75 bits per heavy atom. The number of benzene rings is 2. The highest BCUT2D eigenvalue weighted by atomic mass is 16.5. The molecule has 1 atom stereocenters. The van der Waals surface area contributed by atoms with Gasteiger partial charge in [0.1, 0.15) is 17.2 Å². The van der Waals surface area contributed by atoms with Gasteiger partial charge in [0.25, 0.3) is 5.91 Å². The first-order valence-electron chi connectivity index (χ1n) is 12.9. The van der Waals surface area contributed by atoms with Gasteiger partial charge >= 0.3 is 0 Å². The van der Waals surface area contributed by atoms with Gasteiger partial charge in [-0.3, -0.25) is 9.69 Å². The lowest BCUT2D eigenvalue weighted by Crippen LogP contribution is -2.45. The second-order valence-electron chi connectivity index (χ2n) is 9.97. The van der Waals surface area contributed by atoms with E-state index in [1.54, 1.807) is 26.4 Å². The first-order valence-corrected chi connectivity index (χ1v) is 12.9. The molecule has 7 nitrogen and oxygen atoms in total. The van der Waals surface area contributed by atoms with Gasteiger partial charge in [0.2, 0.25) is 0 Å². The first-order chi connectivity index (χ1) is 17.2. The van der Waals surface area contributed by atoms with Crippen LogP contribution in [0, 0.1) is 13.8 Å². The largest absolute Gasteiger partial charge is 0.497 e. The van der Waals surface area contributed by atoms with Gasteiger partial charge < -0.3 is 24.4 Å². The van der Waals surface area contributed by atoms with Gasteiger partial charge in [0, 0.05) is 43.3 Å². The number of piperidine rings is 1. The molecule has 1 aliphatic heterocycles. The zero-order valence-electron chi connectivity index (χ0n) is 23.0. The number of ether oxygens (including phenoxy) is 3. The Bertz CT molecular complexity index is 1020. The summed E-state index contributed by atoms with van der Waals surface area (Å²) < 4.78 is 16.8. The summed E-state index contributed by atoms with van der Waals surface area (Å²) >= 11 is 0. The topological polar surface area (TPSA) is 63.3 Å². The van der Waals surface area contributed by atoms with E-state index in [0.29, 0.717) is 29.7 Å². The molecule has 0 aromatic heterocycles. The minimum atomic E-state index is -0.0832. The number of likely N-dealkylation sites (tertiary alicyclic amines) is 1. The van der Waals surface area contributed by atoms with Crippen LogP contribution in [0.5, 0.6) is 17.2 Å². The fourth-order valence-electron chi connectivity index (χ4n) is 4.86. The van der Waals surface area contributed by atoms with Crippen LogP contribution in [0.25, 0.3) is 0 Å². The van der Waals surface area contributed by atoms with Gasteiger partial charge in [-0.15, -0.1) is 0 Å². The van der Waals surface area contributed by atoms with Crippen LogP contribution in [0.3, 0.4) is 0 Å². The molecule has 0 radical (unpaired) electrons. The Morgan fingerprint density at radius 1 is 1.06 bits per heavy atom. The number of hydrogen-bond acceptors (Lipinski definition) is 6. The molecule has 198 valence electrons. The molecule has 0 aliphatic carbocycles. The van der Waals surface area contributed by atoms with Crippen molar-refractivity contribution in [1.29, 1.82) is 0 Å². The predicted molar refractivity (Wildman–Crippen MR) is 145 cm³/mol. The molecule has 0 spiro atoms. The van der Waals surface area contributed by atoms with Crippen LogP contribution in [-0.4, -0.2) is 76.3 Å². The Morgan fingerprint density at radius 3 is 2.39 bits per heavy atom. The fraction of sp³-hybridized carbons (Fsp3) is 0.552. The average Bonchev–Trinajstić information content (AvgIpc) is 2.88. The molecule has 1 fully saturated rings. The van der Waals surface area contributed by atoms with Crippen LogP contribution in [0.4, 0.5) is 0 Å². The number of methoxy groups -OCH3 is 2. The molecule has 1 amide bonds. The van der Waals surface area contributed by atoms with Crippen LogP contribution in [0.2, 0.25) is 0 Å².